The second-order valence-electron chi connectivity index (χ2n) is 6.69. The van der Waals surface area contributed by atoms with Gasteiger partial charge in [0.2, 0.25) is 15.9 Å². The van der Waals surface area contributed by atoms with E-state index in [4.69, 9.17) is 0 Å². The van der Waals surface area contributed by atoms with E-state index >= 15 is 0 Å². The van der Waals surface area contributed by atoms with Crippen LogP contribution in [-0.2, 0) is 14.8 Å². The smallest absolute Gasteiger partial charge is 0.248 e. The number of sulfonamides is 1. The molecule has 1 aliphatic heterocycles. The Labute approximate surface area is 160 Å². The van der Waals surface area contributed by atoms with Gasteiger partial charge in [-0.2, -0.15) is 4.31 Å². The van der Waals surface area contributed by atoms with Crippen molar-refractivity contribution in [3.8, 4) is 0 Å². The zero-order valence-corrected chi connectivity index (χ0v) is 16.0. The highest BCUT2D eigenvalue weighted by molar-refractivity contribution is 7.89. The van der Waals surface area contributed by atoms with Crippen molar-refractivity contribution >= 4 is 27.7 Å². The first-order valence-electron chi connectivity index (χ1n) is 8.95. The molecule has 1 saturated heterocycles. The van der Waals surface area contributed by atoms with E-state index in [1.165, 1.54) is 22.5 Å². The van der Waals surface area contributed by atoms with Crippen molar-refractivity contribution in [2.75, 3.05) is 18.4 Å². The Hall–Kier alpha value is -2.51. The second kappa shape index (κ2) is 8.45. The summed E-state index contributed by atoms with van der Waals surface area (Å²) in [6.45, 7) is 3.25. The summed E-state index contributed by atoms with van der Waals surface area (Å²) in [6, 6.07) is 11.7. The molecule has 2 heterocycles. The first-order chi connectivity index (χ1) is 12.9. The van der Waals surface area contributed by atoms with Gasteiger partial charge in [-0.1, -0.05) is 13.0 Å². The summed E-state index contributed by atoms with van der Waals surface area (Å²) in [6.07, 6.45) is 6.43. The number of carbonyl (C=O) groups excluding carboxylic acids is 1. The van der Waals surface area contributed by atoms with Crippen molar-refractivity contribution in [2.45, 2.75) is 24.7 Å². The Morgan fingerprint density at radius 1 is 1.15 bits per heavy atom. The predicted octanol–water partition coefficient (Wildman–Crippen LogP) is 3.15. The maximum Gasteiger partial charge on any atom is 0.248 e. The van der Waals surface area contributed by atoms with Gasteiger partial charge in [0.25, 0.3) is 0 Å². The average molecular weight is 385 g/mol. The number of pyridine rings is 1. The first kappa shape index (κ1) is 19.3. The fourth-order valence-electron chi connectivity index (χ4n) is 2.90. The summed E-state index contributed by atoms with van der Waals surface area (Å²) in [5, 5.41) is 2.71. The lowest BCUT2D eigenvalue weighted by Gasteiger charge is -2.29. The van der Waals surface area contributed by atoms with E-state index in [0.29, 0.717) is 30.4 Å². The number of carbonyl (C=O) groups is 1. The van der Waals surface area contributed by atoms with Crippen molar-refractivity contribution in [2.24, 2.45) is 5.92 Å². The molecule has 1 fully saturated rings. The number of benzene rings is 1. The van der Waals surface area contributed by atoms with Crippen molar-refractivity contribution in [1.29, 1.82) is 0 Å². The van der Waals surface area contributed by atoms with Crippen LogP contribution in [0, 0.1) is 5.92 Å². The lowest BCUT2D eigenvalue weighted by atomic mass is 10.0. The zero-order chi connectivity index (χ0) is 19.3. The maximum atomic E-state index is 12.7. The number of piperidine rings is 1. The highest BCUT2D eigenvalue weighted by atomic mass is 32.2. The fourth-order valence-corrected chi connectivity index (χ4v) is 4.37. The second-order valence-corrected chi connectivity index (χ2v) is 8.63. The molecule has 0 radical (unpaired) electrons. The molecule has 1 aliphatic rings. The minimum Gasteiger partial charge on any atom is -0.323 e. The molecule has 3 rings (SSSR count). The van der Waals surface area contributed by atoms with Crippen molar-refractivity contribution in [3.05, 3.63) is 60.4 Å². The van der Waals surface area contributed by atoms with Crippen LogP contribution in [0.25, 0.3) is 6.08 Å². The third kappa shape index (κ3) is 5.02. The summed E-state index contributed by atoms with van der Waals surface area (Å²) in [5.74, 6) is 0.259. The van der Waals surface area contributed by atoms with Crippen LogP contribution in [0.2, 0.25) is 0 Å². The minimum absolute atomic E-state index is 0.249. The lowest BCUT2D eigenvalue weighted by Crippen LogP contribution is -2.37. The first-order valence-corrected chi connectivity index (χ1v) is 10.4. The molecule has 2 aromatic rings. The standard InChI is InChI=1S/C20H23N3O3S/c1-16-11-14-23(15-12-16)27(25,26)19-8-5-18(6-9-19)22-20(24)10-7-17-4-2-3-13-21-17/h2-10,13,16H,11-12,14-15H2,1H3,(H,22,24)/b10-7-. The monoisotopic (exact) mass is 385 g/mol. The summed E-state index contributed by atoms with van der Waals surface area (Å²) >= 11 is 0. The van der Waals surface area contributed by atoms with Gasteiger partial charge in [0.15, 0.2) is 0 Å². The van der Waals surface area contributed by atoms with Crippen LogP contribution < -0.4 is 5.32 Å². The van der Waals surface area contributed by atoms with Gasteiger partial charge in [0.05, 0.1) is 10.6 Å². The lowest BCUT2D eigenvalue weighted by molar-refractivity contribution is -0.111. The highest BCUT2D eigenvalue weighted by Gasteiger charge is 2.27. The molecule has 0 aliphatic carbocycles. The summed E-state index contributed by atoms with van der Waals surface area (Å²) < 4.78 is 27.0. The van der Waals surface area contributed by atoms with Crippen LogP contribution in [0.4, 0.5) is 5.69 Å². The molecule has 0 bridgehead atoms. The van der Waals surface area contributed by atoms with E-state index in [-0.39, 0.29) is 10.8 Å². The molecule has 7 heteroatoms. The summed E-state index contributed by atoms with van der Waals surface area (Å²) in [5.41, 5.74) is 1.22. The Balaban J connectivity index is 1.63. The molecule has 0 saturated carbocycles. The zero-order valence-electron chi connectivity index (χ0n) is 15.2. The van der Waals surface area contributed by atoms with Gasteiger partial charge >= 0.3 is 0 Å². The van der Waals surface area contributed by atoms with E-state index in [1.54, 1.807) is 36.5 Å². The molecule has 1 aromatic carbocycles. The van der Waals surface area contributed by atoms with Crippen LogP contribution in [0.1, 0.15) is 25.5 Å². The Bertz CT molecular complexity index is 901. The minimum atomic E-state index is -3.48. The molecular formula is C20H23N3O3S. The van der Waals surface area contributed by atoms with Gasteiger partial charge in [-0.3, -0.25) is 9.78 Å². The van der Waals surface area contributed by atoms with Crippen LogP contribution in [0.5, 0.6) is 0 Å². The van der Waals surface area contributed by atoms with Gasteiger partial charge in [-0.05, 0) is 61.2 Å². The largest absolute Gasteiger partial charge is 0.323 e. The number of hydrogen-bond acceptors (Lipinski definition) is 4. The van der Waals surface area contributed by atoms with E-state index in [0.717, 1.165) is 12.8 Å². The topological polar surface area (TPSA) is 79.4 Å². The summed E-state index contributed by atoms with van der Waals surface area (Å²) in [7, 11) is -3.48. The Morgan fingerprint density at radius 2 is 1.85 bits per heavy atom. The molecule has 1 N–H and O–H groups in total. The average Bonchev–Trinajstić information content (AvgIpc) is 2.68. The molecule has 6 nitrogen and oxygen atoms in total. The van der Waals surface area contributed by atoms with Gasteiger partial charge in [0, 0.05) is 31.0 Å². The fraction of sp³-hybridized carbons (Fsp3) is 0.300. The molecule has 142 valence electrons. The highest BCUT2D eigenvalue weighted by Crippen LogP contribution is 2.24. The molecule has 27 heavy (non-hydrogen) atoms. The normalized spacial score (nSPS) is 16.5. The molecule has 1 aromatic heterocycles. The van der Waals surface area contributed by atoms with Crippen molar-refractivity contribution in [3.63, 3.8) is 0 Å². The predicted molar refractivity (Wildman–Crippen MR) is 105 cm³/mol. The number of aromatic nitrogens is 1. The maximum absolute atomic E-state index is 12.7. The Kier molecular flexibility index (Phi) is 6.03. The van der Waals surface area contributed by atoms with Gasteiger partial charge in [-0.25, -0.2) is 8.42 Å². The number of anilines is 1. The van der Waals surface area contributed by atoms with E-state index in [2.05, 4.69) is 17.2 Å². The number of amides is 1. The van der Waals surface area contributed by atoms with Gasteiger partial charge < -0.3 is 5.32 Å². The Morgan fingerprint density at radius 3 is 2.48 bits per heavy atom. The van der Waals surface area contributed by atoms with Gasteiger partial charge in [0.1, 0.15) is 0 Å². The van der Waals surface area contributed by atoms with E-state index in [9.17, 15) is 13.2 Å². The van der Waals surface area contributed by atoms with Crippen LogP contribution in [0.15, 0.2) is 59.6 Å². The van der Waals surface area contributed by atoms with Crippen molar-refractivity contribution in [1.82, 2.24) is 9.29 Å². The number of rotatable bonds is 5. The third-order valence-electron chi connectivity index (χ3n) is 4.60. The molecule has 0 spiro atoms. The SMILES string of the molecule is CC1CCN(S(=O)(=O)c2ccc(NC(=O)/C=C\c3ccccn3)cc2)CC1. The van der Waals surface area contributed by atoms with Crippen molar-refractivity contribution < 1.29 is 13.2 Å². The van der Waals surface area contributed by atoms with Gasteiger partial charge in [-0.15, -0.1) is 0 Å². The quantitative estimate of drug-likeness (QED) is 0.802. The number of hydrogen-bond donors (Lipinski definition) is 1. The van der Waals surface area contributed by atoms with E-state index in [1.807, 2.05) is 6.07 Å². The number of nitrogens with one attached hydrogen (secondary N) is 1. The molecular weight excluding hydrogens is 362 g/mol. The van der Waals surface area contributed by atoms with E-state index < -0.39 is 10.0 Å². The van der Waals surface area contributed by atoms with Crippen LogP contribution in [0.3, 0.4) is 0 Å². The number of nitrogens with zero attached hydrogens (tertiary/aromatic N) is 2. The van der Waals surface area contributed by atoms with Crippen LogP contribution in [-0.4, -0.2) is 36.7 Å². The molecule has 1 amide bonds. The summed E-state index contributed by atoms with van der Waals surface area (Å²) in [4.78, 5) is 16.3. The van der Waals surface area contributed by atoms with Crippen LogP contribution >= 0.6 is 0 Å². The molecule has 0 unspecified atom stereocenters. The third-order valence-corrected chi connectivity index (χ3v) is 6.51. The molecule has 0 atom stereocenters.